The average Bonchev–Trinajstić information content (AvgIpc) is 3.94. The van der Waals surface area contributed by atoms with E-state index in [0.717, 1.165) is 22.3 Å². The molecule has 63 heavy (non-hydrogen) atoms. The fourth-order valence-electron chi connectivity index (χ4n) is 7.01. The number of nitrogens with zero attached hydrogens (tertiary/aromatic N) is 2. The molecule has 0 radical (unpaired) electrons. The average molecular weight is 861 g/mol. The number of hydrogen-bond donors (Lipinski definition) is 2. The molecule has 6 rings (SSSR count). The minimum atomic E-state index is -1.04. The number of carbonyl (C=O) groups excluding carboxylic acids is 4. The number of amides is 2. The van der Waals surface area contributed by atoms with Crippen molar-refractivity contribution < 1.29 is 47.6 Å². The molecule has 0 aliphatic carbocycles. The second-order valence-corrected chi connectivity index (χ2v) is 16.6. The molecule has 0 unspecified atom stereocenters. The molecule has 0 aromatic heterocycles. The number of benzene rings is 4. The van der Waals surface area contributed by atoms with Crippen LogP contribution < -0.4 is 10.6 Å². The summed E-state index contributed by atoms with van der Waals surface area (Å²) in [6, 6.07) is 34.2. The summed E-state index contributed by atoms with van der Waals surface area (Å²) in [5.74, 6) is -1.27. The lowest BCUT2D eigenvalue weighted by atomic mass is 9.93. The Balaban J connectivity index is 1.15. The van der Waals surface area contributed by atoms with E-state index in [1.807, 2.05) is 135 Å². The standard InChI is InChI=1S/C49H56N4O10/c1-31(2)39(52-47(56)60-27-33-19-11-7-12-20-33)43(54)58-29-37-41(35-23-15-9-16-24-35)62-45(50-37)49(5,6)46-51-38(42(63-46)36-25-17-10-18-26-36)30-59-44(55)40(32(3)4)53-48(57)61-28-34-21-13-8-14-22-34/h7-26,31-32,37-42H,27-30H2,1-6H3,(H,52,56)(H,53,57)/t37-,38-,39-,40-,41-,42-/m0/s1. The zero-order valence-corrected chi connectivity index (χ0v) is 36.5. The third kappa shape index (κ3) is 12.2. The van der Waals surface area contributed by atoms with Crippen LogP contribution >= 0.6 is 0 Å². The van der Waals surface area contributed by atoms with Crippen LogP contribution in [0.1, 0.15) is 76.0 Å². The Morgan fingerprint density at radius 2 is 0.873 bits per heavy atom. The van der Waals surface area contributed by atoms with E-state index >= 15 is 0 Å². The van der Waals surface area contributed by atoms with Crippen LogP contribution in [0.5, 0.6) is 0 Å². The van der Waals surface area contributed by atoms with Gasteiger partial charge in [-0.05, 0) is 47.9 Å². The monoisotopic (exact) mass is 860 g/mol. The van der Waals surface area contributed by atoms with Gasteiger partial charge in [0.05, 0.1) is 0 Å². The van der Waals surface area contributed by atoms with Crippen LogP contribution in [0.15, 0.2) is 131 Å². The summed E-state index contributed by atoms with van der Waals surface area (Å²) in [6.45, 7) is 10.8. The molecule has 4 aromatic carbocycles. The van der Waals surface area contributed by atoms with E-state index in [9.17, 15) is 19.2 Å². The number of hydrogen-bond acceptors (Lipinski definition) is 12. The number of esters is 2. The van der Waals surface area contributed by atoms with Crippen molar-refractivity contribution in [1.82, 2.24) is 10.6 Å². The molecule has 0 saturated carbocycles. The van der Waals surface area contributed by atoms with E-state index in [2.05, 4.69) is 10.6 Å². The summed E-state index contributed by atoms with van der Waals surface area (Å²) in [6.07, 6.45) is -2.73. The molecule has 0 saturated heterocycles. The maximum absolute atomic E-state index is 13.5. The van der Waals surface area contributed by atoms with Gasteiger partial charge in [-0.3, -0.25) is 0 Å². The molecule has 2 heterocycles. The quantitative estimate of drug-likeness (QED) is 0.0736. The van der Waals surface area contributed by atoms with Crippen LogP contribution in [0.25, 0.3) is 0 Å². The normalized spacial score (nSPS) is 19.1. The molecule has 4 aromatic rings. The first-order chi connectivity index (χ1) is 30.3. The summed E-state index contributed by atoms with van der Waals surface area (Å²) in [5.41, 5.74) is 2.22. The largest absolute Gasteiger partial charge is 0.470 e. The Morgan fingerprint density at radius 1 is 0.540 bits per heavy atom. The van der Waals surface area contributed by atoms with Crippen LogP contribution in [0, 0.1) is 17.3 Å². The number of aliphatic imine (C=N–C) groups is 2. The van der Waals surface area contributed by atoms with Crippen molar-refractivity contribution in [1.29, 1.82) is 0 Å². The Morgan fingerprint density at radius 3 is 1.21 bits per heavy atom. The van der Waals surface area contributed by atoms with E-state index in [1.54, 1.807) is 27.7 Å². The minimum absolute atomic E-state index is 0.0506. The fraction of sp³-hybridized carbons (Fsp3) is 0.388. The van der Waals surface area contributed by atoms with Gasteiger partial charge in [-0.15, -0.1) is 0 Å². The van der Waals surface area contributed by atoms with Gasteiger partial charge in [0, 0.05) is 0 Å². The highest BCUT2D eigenvalue weighted by Crippen LogP contribution is 2.40. The maximum atomic E-state index is 13.5. The number of carbonyl (C=O) groups is 4. The Kier molecular flexibility index (Phi) is 15.6. The number of nitrogens with one attached hydrogen (secondary N) is 2. The van der Waals surface area contributed by atoms with Gasteiger partial charge < -0.3 is 39.1 Å². The first-order valence-electron chi connectivity index (χ1n) is 21.2. The van der Waals surface area contributed by atoms with E-state index in [-0.39, 0.29) is 38.3 Å². The van der Waals surface area contributed by atoms with Crippen molar-refractivity contribution in [2.24, 2.45) is 27.2 Å². The van der Waals surface area contributed by atoms with Crippen molar-refractivity contribution in [2.45, 2.75) is 91.1 Å². The molecule has 14 nitrogen and oxygen atoms in total. The van der Waals surface area contributed by atoms with Gasteiger partial charge in [-0.2, -0.15) is 0 Å². The highest BCUT2D eigenvalue weighted by Gasteiger charge is 2.48. The Hall–Kier alpha value is -6.70. The lowest BCUT2D eigenvalue weighted by Gasteiger charge is -2.26. The van der Waals surface area contributed by atoms with Crippen molar-refractivity contribution >= 4 is 35.9 Å². The highest BCUT2D eigenvalue weighted by molar-refractivity contribution is 6.05. The summed E-state index contributed by atoms with van der Waals surface area (Å²) < 4.78 is 35.6. The molecular weight excluding hydrogens is 805 g/mol. The van der Waals surface area contributed by atoms with Gasteiger partial charge in [0.2, 0.25) is 0 Å². The second kappa shape index (κ2) is 21.4. The summed E-state index contributed by atoms with van der Waals surface area (Å²) in [7, 11) is 0. The summed E-state index contributed by atoms with van der Waals surface area (Å²) >= 11 is 0. The van der Waals surface area contributed by atoms with Gasteiger partial charge >= 0.3 is 24.1 Å². The molecule has 0 spiro atoms. The molecule has 2 aliphatic rings. The van der Waals surface area contributed by atoms with Crippen molar-refractivity contribution in [2.75, 3.05) is 13.2 Å². The molecule has 332 valence electrons. The lowest BCUT2D eigenvalue weighted by molar-refractivity contribution is -0.149. The SMILES string of the molecule is CC(C)[C@H](NC(=O)OCc1ccccc1)C(=O)OC[C@@H]1N=C(C(C)(C)C2=N[C@@H](COC(=O)[C@@H](NC(=O)OCc3ccccc3)C(C)C)[C@H](c3ccccc3)O2)O[C@H]1c1ccccc1. The molecule has 2 N–H and O–H groups in total. The van der Waals surface area contributed by atoms with E-state index < -0.39 is 65.9 Å². The number of alkyl carbamates (subject to hydrolysis) is 2. The molecule has 6 atom stereocenters. The van der Waals surface area contributed by atoms with Gasteiger partial charge in [0.15, 0.2) is 24.0 Å². The van der Waals surface area contributed by atoms with E-state index in [1.165, 1.54) is 0 Å². The van der Waals surface area contributed by atoms with Crippen LogP contribution in [0.2, 0.25) is 0 Å². The Bertz CT molecular complexity index is 2050. The maximum Gasteiger partial charge on any atom is 0.408 e. The van der Waals surface area contributed by atoms with Crippen LogP contribution in [0.4, 0.5) is 9.59 Å². The fourth-order valence-corrected chi connectivity index (χ4v) is 7.01. The van der Waals surface area contributed by atoms with E-state index in [0.29, 0.717) is 11.8 Å². The predicted octanol–water partition coefficient (Wildman–Crippen LogP) is 8.08. The third-order valence-electron chi connectivity index (χ3n) is 10.7. The number of rotatable bonds is 18. The summed E-state index contributed by atoms with van der Waals surface area (Å²) in [4.78, 5) is 62.5. The van der Waals surface area contributed by atoms with Crippen LogP contribution in [0.3, 0.4) is 0 Å². The second-order valence-electron chi connectivity index (χ2n) is 16.6. The van der Waals surface area contributed by atoms with Gasteiger partial charge in [0.1, 0.15) is 56.0 Å². The topological polar surface area (TPSA) is 172 Å². The molecular formula is C49H56N4O10. The van der Waals surface area contributed by atoms with Gasteiger partial charge in [-0.25, -0.2) is 29.2 Å². The smallest absolute Gasteiger partial charge is 0.408 e. The Labute approximate surface area is 368 Å². The minimum Gasteiger partial charge on any atom is -0.470 e. The van der Waals surface area contributed by atoms with Gasteiger partial charge in [0.25, 0.3) is 0 Å². The first-order valence-corrected chi connectivity index (χ1v) is 21.2. The molecule has 2 amide bonds. The van der Waals surface area contributed by atoms with Gasteiger partial charge in [-0.1, -0.05) is 149 Å². The molecule has 14 heteroatoms. The zero-order valence-electron chi connectivity index (χ0n) is 36.5. The van der Waals surface area contributed by atoms with Crippen molar-refractivity contribution in [3.05, 3.63) is 144 Å². The van der Waals surface area contributed by atoms with Crippen molar-refractivity contribution in [3.63, 3.8) is 0 Å². The molecule has 0 bridgehead atoms. The third-order valence-corrected chi connectivity index (χ3v) is 10.7. The first kappa shape index (κ1) is 45.8. The number of ether oxygens (including phenoxy) is 6. The molecule has 0 fully saturated rings. The molecule has 2 aliphatic heterocycles. The highest BCUT2D eigenvalue weighted by atomic mass is 16.6. The van der Waals surface area contributed by atoms with Crippen LogP contribution in [-0.2, 0) is 51.2 Å². The lowest BCUT2D eigenvalue weighted by Crippen LogP contribution is -2.46. The summed E-state index contributed by atoms with van der Waals surface area (Å²) in [5, 5.41) is 5.31. The van der Waals surface area contributed by atoms with E-state index in [4.69, 9.17) is 38.4 Å². The predicted molar refractivity (Wildman–Crippen MR) is 235 cm³/mol. The zero-order chi connectivity index (χ0) is 44.9. The van der Waals surface area contributed by atoms with Crippen molar-refractivity contribution in [3.8, 4) is 0 Å². The van der Waals surface area contributed by atoms with Crippen LogP contribution in [-0.4, -0.2) is 73.3 Å².